The molecule has 0 amide bonds. The third-order valence-electron chi connectivity index (χ3n) is 3.52. The van der Waals surface area contributed by atoms with Crippen LogP contribution in [0.5, 0.6) is 11.5 Å². The lowest BCUT2D eigenvalue weighted by molar-refractivity contribution is 0.415. The minimum Gasteiger partial charge on any atom is -0.507 e. The number of halogens is 1. The molecule has 1 heterocycles. The monoisotopic (exact) mass is 279 g/mol. The second kappa shape index (κ2) is 5.57. The highest BCUT2D eigenvalue weighted by Gasteiger charge is 2.20. The third-order valence-corrected chi connectivity index (χ3v) is 3.52. The van der Waals surface area contributed by atoms with Gasteiger partial charge in [-0.15, -0.1) is 11.6 Å². The molecule has 3 rings (SSSR count). The van der Waals surface area contributed by atoms with Gasteiger partial charge < -0.3 is 14.7 Å². The first kappa shape index (κ1) is 13.8. The van der Waals surface area contributed by atoms with Gasteiger partial charge in [0.15, 0.2) is 0 Å². The summed E-state index contributed by atoms with van der Waals surface area (Å²) in [6.45, 7) is 1.01. The molecular weight excluding hydrogens is 262 g/mol. The minimum absolute atomic E-state index is 0.343. The normalized spacial score (nSPS) is 12.9. The van der Waals surface area contributed by atoms with Gasteiger partial charge in [-0.05, 0) is 35.6 Å². The molecule has 0 aliphatic carbocycles. The molecule has 1 N–H and O–H groups in total. The Hall–Kier alpha value is -1.61. The van der Waals surface area contributed by atoms with Gasteiger partial charge in [-0.3, -0.25) is 0 Å². The number of alkyl halides is 1. The summed E-state index contributed by atoms with van der Waals surface area (Å²) in [6.07, 6.45) is 2.50. The van der Waals surface area contributed by atoms with Crippen molar-refractivity contribution in [3.63, 3.8) is 0 Å². The largest absolute Gasteiger partial charge is 0.507 e. The molecule has 0 bridgehead atoms. The molecule has 2 aromatic rings. The number of benzene rings is 2. The number of phenols is 1. The highest BCUT2D eigenvalue weighted by molar-refractivity contribution is 6.15. The Kier molecular flexibility index (Phi) is 4.05. The Morgan fingerprint density at radius 3 is 2.63 bits per heavy atom. The quantitative estimate of drug-likeness (QED) is 0.812. The van der Waals surface area contributed by atoms with Crippen molar-refractivity contribution in [3.8, 4) is 11.5 Å². The summed E-state index contributed by atoms with van der Waals surface area (Å²) in [6, 6.07) is 7.67. The molecule has 19 heavy (non-hydrogen) atoms. The van der Waals surface area contributed by atoms with Gasteiger partial charge in [0.2, 0.25) is 0 Å². The van der Waals surface area contributed by atoms with Gasteiger partial charge in [0.05, 0.1) is 7.11 Å². The van der Waals surface area contributed by atoms with Gasteiger partial charge in [-0.2, -0.15) is 0 Å². The Morgan fingerprint density at radius 2 is 1.95 bits per heavy atom. The fourth-order valence-electron chi connectivity index (χ4n) is 2.56. The third kappa shape index (κ3) is 2.30. The average molecular weight is 280 g/mol. The predicted octanol–water partition coefficient (Wildman–Crippen LogP) is 3.40. The predicted molar refractivity (Wildman–Crippen MR) is 80.9 cm³/mol. The highest BCUT2D eigenvalue weighted by atomic mass is 35.5. The van der Waals surface area contributed by atoms with Gasteiger partial charge in [0.25, 0.3) is 0 Å². The van der Waals surface area contributed by atoms with Crippen molar-refractivity contribution in [1.82, 2.24) is 0 Å². The van der Waals surface area contributed by atoms with Crippen molar-refractivity contribution >= 4 is 28.1 Å². The van der Waals surface area contributed by atoms with Crippen LogP contribution in [0.15, 0.2) is 24.3 Å². The van der Waals surface area contributed by atoms with Crippen LogP contribution in [0.3, 0.4) is 0 Å². The van der Waals surface area contributed by atoms with Crippen molar-refractivity contribution < 1.29 is 9.84 Å². The number of rotatable bonds is 1. The van der Waals surface area contributed by atoms with E-state index in [1.807, 2.05) is 24.3 Å². The molecule has 102 valence electrons. The number of hydrogen-bond acceptors (Lipinski definition) is 3. The van der Waals surface area contributed by atoms with Crippen LogP contribution in [0.4, 0.5) is 5.69 Å². The number of hydrogen-bond donors (Lipinski definition) is 1. The molecule has 3 nitrogen and oxygen atoms in total. The fourth-order valence-corrected chi connectivity index (χ4v) is 2.56. The van der Waals surface area contributed by atoms with Gasteiger partial charge >= 0.3 is 0 Å². The summed E-state index contributed by atoms with van der Waals surface area (Å²) in [5.41, 5.74) is 2.43. The van der Waals surface area contributed by atoms with E-state index in [0.29, 0.717) is 5.75 Å². The Balaban J connectivity index is 0.000000637. The molecule has 1 aliphatic rings. The molecule has 0 radical (unpaired) electrons. The van der Waals surface area contributed by atoms with Gasteiger partial charge in [0, 0.05) is 37.1 Å². The van der Waals surface area contributed by atoms with E-state index in [1.54, 1.807) is 7.11 Å². The van der Waals surface area contributed by atoms with Gasteiger partial charge in [-0.1, -0.05) is 0 Å². The summed E-state index contributed by atoms with van der Waals surface area (Å²) in [5, 5.41) is 12.1. The number of anilines is 1. The summed E-state index contributed by atoms with van der Waals surface area (Å²) in [7, 11) is 3.72. The minimum atomic E-state index is 0.343. The van der Waals surface area contributed by atoms with Crippen molar-refractivity contribution in [1.29, 1.82) is 0 Å². The Bertz CT molecular complexity index is 598. The number of methoxy groups -OCH3 is 1. The van der Waals surface area contributed by atoms with E-state index < -0.39 is 0 Å². The van der Waals surface area contributed by atoms with E-state index in [2.05, 4.69) is 23.5 Å². The zero-order valence-electron chi connectivity index (χ0n) is 11.4. The van der Waals surface area contributed by atoms with Crippen LogP contribution < -0.4 is 9.64 Å². The zero-order chi connectivity index (χ0) is 14.0. The van der Waals surface area contributed by atoms with Crippen LogP contribution >= 0.6 is 11.6 Å². The lowest BCUT2D eigenvalue weighted by Crippen LogP contribution is -2.12. The number of ether oxygens (including phenoxy) is 1. The first-order valence-electron chi connectivity index (χ1n) is 6.12. The number of likely N-dealkylation sites (N-methyl/N-ethyl adjacent to an activating group) is 1. The fraction of sp³-hybridized carbons (Fsp3) is 0.333. The molecule has 0 aromatic heterocycles. The van der Waals surface area contributed by atoms with Crippen LogP contribution in [-0.2, 0) is 6.42 Å². The maximum atomic E-state index is 10.0. The molecule has 0 unspecified atom stereocenters. The van der Waals surface area contributed by atoms with Crippen molar-refractivity contribution in [2.45, 2.75) is 6.42 Å². The molecule has 0 fully saturated rings. The Labute approximate surface area is 118 Å². The van der Waals surface area contributed by atoms with Gasteiger partial charge in [0.1, 0.15) is 11.5 Å². The van der Waals surface area contributed by atoms with Crippen molar-refractivity contribution in [2.75, 3.05) is 32.0 Å². The Morgan fingerprint density at radius 1 is 1.21 bits per heavy atom. The van der Waals surface area contributed by atoms with E-state index in [1.165, 1.54) is 11.9 Å². The first-order valence-corrected chi connectivity index (χ1v) is 6.88. The highest BCUT2D eigenvalue weighted by Crippen LogP contribution is 2.40. The summed E-state index contributed by atoms with van der Waals surface area (Å²) >= 11 is 4.64. The maximum Gasteiger partial charge on any atom is 0.125 e. The molecule has 0 saturated heterocycles. The van der Waals surface area contributed by atoms with Crippen LogP contribution in [-0.4, -0.2) is 32.2 Å². The van der Waals surface area contributed by atoms with Crippen LogP contribution in [0.25, 0.3) is 10.8 Å². The summed E-state index contributed by atoms with van der Waals surface area (Å²) < 4.78 is 5.25. The van der Waals surface area contributed by atoms with Crippen LogP contribution in [0, 0.1) is 0 Å². The standard InChI is InChI=1S/C14H15NO2.CH3Cl/c1-15-6-5-10-12-7-9(17-2)3-4-11(12)14(16)8-13(10)15;1-2/h3-4,7-8,16H,5-6H2,1-2H3;1H3. The SMILES string of the molecule is CCl.COc1ccc2c(O)cc3c(c2c1)CCN3C. The van der Waals surface area contributed by atoms with Crippen molar-refractivity contribution in [2.24, 2.45) is 0 Å². The van der Waals surface area contributed by atoms with E-state index in [-0.39, 0.29) is 0 Å². The number of nitrogens with zero attached hydrogens (tertiary/aromatic N) is 1. The van der Waals surface area contributed by atoms with E-state index >= 15 is 0 Å². The molecule has 2 aromatic carbocycles. The average Bonchev–Trinajstić information content (AvgIpc) is 2.82. The van der Waals surface area contributed by atoms with Crippen LogP contribution in [0.1, 0.15) is 5.56 Å². The second-order valence-corrected chi connectivity index (χ2v) is 4.48. The topological polar surface area (TPSA) is 32.7 Å². The van der Waals surface area contributed by atoms with Crippen LogP contribution in [0.2, 0.25) is 0 Å². The molecule has 0 saturated carbocycles. The second-order valence-electron chi connectivity index (χ2n) is 4.48. The van der Waals surface area contributed by atoms with E-state index in [9.17, 15) is 5.11 Å². The zero-order valence-corrected chi connectivity index (χ0v) is 12.2. The number of aromatic hydroxyl groups is 1. The molecule has 4 heteroatoms. The first-order chi connectivity index (χ1) is 9.20. The molecule has 0 spiro atoms. The lowest BCUT2D eigenvalue weighted by atomic mass is 10.0. The van der Waals surface area contributed by atoms with Gasteiger partial charge in [-0.25, -0.2) is 0 Å². The maximum absolute atomic E-state index is 10.0. The molecule has 1 aliphatic heterocycles. The smallest absolute Gasteiger partial charge is 0.125 e. The number of fused-ring (bicyclic) bond motifs is 3. The van der Waals surface area contributed by atoms with E-state index in [0.717, 1.165) is 35.2 Å². The summed E-state index contributed by atoms with van der Waals surface area (Å²) in [4.78, 5) is 2.17. The lowest BCUT2D eigenvalue weighted by Gasteiger charge is -2.14. The molecule has 0 atom stereocenters. The number of phenolic OH excluding ortho intramolecular Hbond substituents is 1. The summed E-state index contributed by atoms with van der Waals surface area (Å²) in [5.74, 6) is 1.18. The van der Waals surface area contributed by atoms with E-state index in [4.69, 9.17) is 4.74 Å². The van der Waals surface area contributed by atoms with Crippen molar-refractivity contribution in [3.05, 3.63) is 29.8 Å². The molecular formula is C15H18ClNO2.